The largest absolute Gasteiger partial charge is 0.326 e. The van der Waals surface area contributed by atoms with Gasteiger partial charge in [0.05, 0.1) is 0 Å². The second-order valence-corrected chi connectivity index (χ2v) is 6.03. The summed E-state index contributed by atoms with van der Waals surface area (Å²) in [4.78, 5) is 23.4. The maximum Gasteiger partial charge on any atom is 0.323 e. The van der Waals surface area contributed by atoms with E-state index in [1.807, 2.05) is 25.1 Å². The normalized spacial score (nSPS) is 10.4. The van der Waals surface area contributed by atoms with Crippen molar-refractivity contribution in [2.24, 2.45) is 0 Å². The van der Waals surface area contributed by atoms with Crippen LogP contribution in [-0.2, 0) is 4.79 Å². The first kappa shape index (κ1) is 17.5. The van der Waals surface area contributed by atoms with Crippen molar-refractivity contribution in [1.29, 1.82) is 0 Å². The molecule has 0 saturated heterocycles. The summed E-state index contributed by atoms with van der Waals surface area (Å²) in [6.07, 6.45) is 0. The average molecular weight is 325 g/mol. The lowest BCUT2D eigenvalue weighted by atomic mass is 9.98. The number of benzene rings is 2. The molecule has 0 aliphatic carbocycles. The number of para-hydroxylation sites is 1. The highest BCUT2D eigenvalue weighted by Gasteiger charge is 2.12. The molecule has 2 aromatic rings. The lowest BCUT2D eigenvalue weighted by Crippen LogP contribution is -2.21. The molecule has 0 aromatic heterocycles. The molecular formula is C19H23N3O2. The second-order valence-electron chi connectivity index (χ2n) is 6.03. The van der Waals surface area contributed by atoms with Crippen LogP contribution >= 0.6 is 0 Å². The van der Waals surface area contributed by atoms with Gasteiger partial charge in [0.25, 0.3) is 0 Å². The monoisotopic (exact) mass is 325 g/mol. The van der Waals surface area contributed by atoms with Gasteiger partial charge in [-0.1, -0.05) is 38.1 Å². The molecule has 126 valence electrons. The summed E-state index contributed by atoms with van der Waals surface area (Å²) in [6.45, 7) is 7.60. The zero-order valence-corrected chi connectivity index (χ0v) is 14.4. The third-order valence-corrected chi connectivity index (χ3v) is 3.61. The lowest BCUT2D eigenvalue weighted by molar-refractivity contribution is -0.114. The molecule has 0 aliphatic rings. The summed E-state index contributed by atoms with van der Waals surface area (Å²) in [6, 6.07) is 12.7. The molecule has 5 nitrogen and oxygen atoms in total. The minimum atomic E-state index is -0.314. The van der Waals surface area contributed by atoms with Crippen molar-refractivity contribution in [2.75, 3.05) is 16.0 Å². The first-order valence-corrected chi connectivity index (χ1v) is 7.92. The number of nitrogens with one attached hydrogen (secondary N) is 3. The molecule has 5 heteroatoms. The molecule has 2 rings (SSSR count). The minimum absolute atomic E-state index is 0.155. The topological polar surface area (TPSA) is 70.2 Å². The van der Waals surface area contributed by atoms with Crippen LogP contribution in [0.2, 0.25) is 0 Å². The molecule has 0 unspecified atom stereocenters. The maximum atomic E-state index is 12.3. The Balaban J connectivity index is 2.13. The third-order valence-electron chi connectivity index (χ3n) is 3.61. The van der Waals surface area contributed by atoms with Gasteiger partial charge < -0.3 is 16.0 Å². The number of carbonyl (C=O) groups is 2. The van der Waals surface area contributed by atoms with Crippen molar-refractivity contribution in [3.8, 4) is 0 Å². The molecule has 3 amide bonds. The Hall–Kier alpha value is -2.82. The Kier molecular flexibility index (Phi) is 5.58. The van der Waals surface area contributed by atoms with Gasteiger partial charge in [-0.05, 0) is 42.2 Å². The summed E-state index contributed by atoms with van der Waals surface area (Å²) in [5.74, 6) is 0.154. The van der Waals surface area contributed by atoms with Crippen LogP contribution in [0.1, 0.15) is 37.8 Å². The Bertz CT molecular complexity index is 754. The standard InChI is InChI=1S/C19H23N3O2/c1-12(2)17-10-5-7-13(3)18(17)22-19(24)21-16-9-6-8-15(11-16)20-14(4)23/h5-12H,1-4H3,(H,20,23)(H2,21,22,24). The van der Waals surface area contributed by atoms with Gasteiger partial charge >= 0.3 is 6.03 Å². The number of carbonyl (C=O) groups excluding carboxylic acids is 2. The van der Waals surface area contributed by atoms with Crippen molar-refractivity contribution < 1.29 is 9.59 Å². The molecule has 0 aliphatic heterocycles. The smallest absolute Gasteiger partial charge is 0.323 e. The van der Waals surface area contributed by atoms with E-state index < -0.39 is 0 Å². The highest BCUT2D eigenvalue weighted by molar-refractivity contribution is 6.01. The summed E-state index contributed by atoms with van der Waals surface area (Å²) < 4.78 is 0. The number of amides is 3. The van der Waals surface area contributed by atoms with Gasteiger partial charge in [-0.15, -0.1) is 0 Å². The number of urea groups is 1. The van der Waals surface area contributed by atoms with Crippen LogP contribution in [0.4, 0.5) is 21.9 Å². The van der Waals surface area contributed by atoms with Crippen molar-refractivity contribution in [2.45, 2.75) is 33.6 Å². The van der Waals surface area contributed by atoms with E-state index in [9.17, 15) is 9.59 Å². The summed E-state index contributed by atoms with van der Waals surface area (Å²) in [5.41, 5.74) is 4.20. The van der Waals surface area contributed by atoms with Gasteiger partial charge in [0.15, 0.2) is 0 Å². The molecule has 2 aromatic carbocycles. The molecule has 3 N–H and O–H groups in total. The first-order valence-electron chi connectivity index (χ1n) is 7.92. The quantitative estimate of drug-likeness (QED) is 0.761. The Labute approximate surface area is 142 Å². The zero-order valence-electron chi connectivity index (χ0n) is 14.4. The lowest BCUT2D eigenvalue weighted by Gasteiger charge is -2.17. The van der Waals surface area contributed by atoms with E-state index >= 15 is 0 Å². The zero-order chi connectivity index (χ0) is 17.7. The summed E-state index contributed by atoms with van der Waals surface area (Å²) >= 11 is 0. The Morgan fingerprint density at radius 1 is 0.917 bits per heavy atom. The average Bonchev–Trinajstić information content (AvgIpc) is 2.48. The molecule has 0 spiro atoms. The van der Waals surface area contributed by atoms with Crippen LogP contribution in [0.5, 0.6) is 0 Å². The number of rotatable bonds is 4. The fourth-order valence-corrected chi connectivity index (χ4v) is 2.50. The van der Waals surface area contributed by atoms with E-state index in [0.29, 0.717) is 17.3 Å². The van der Waals surface area contributed by atoms with Crippen molar-refractivity contribution in [3.63, 3.8) is 0 Å². The van der Waals surface area contributed by atoms with Gasteiger partial charge in [0.2, 0.25) is 5.91 Å². The predicted molar refractivity (Wildman–Crippen MR) is 98.7 cm³/mol. The van der Waals surface area contributed by atoms with E-state index in [4.69, 9.17) is 0 Å². The van der Waals surface area contributed by atoms with Crippen LogP contribution in [0, 0.1) is 6.92 Å². The van der Waals surface area contributed by atoms with Crippen molar-refractivity contribution in [3.05, 3.63) is 53.6 Å². The molecule has 0 atom stereocenters. The third kappa shape index (κ3) is 4.59. The minimum Gasteiger partial charge on any atom is -0.326 e. The van der Waals surface area contributed by atoms with Crippen LogP contribution in [0.15, 0.2) is 42.5 Å². The van der Waals surface area contributed by atoms with Gasteiger partial charge in [0.1, 0.15) is 0 Å². The molecule has 0 radical (unpaired) electrons. The molecule has 24 heavy (non-hydrogen) atoms. The number of aryl methyl sites for hydroxylation is 1. The molecule has 0 bridgehead atoms. The van der Waals surface area contributed by atoms with Crippen LogP contribution in [0.3, 0.4) is 0 Å². The number of hydrogen-bond acceptors (Lipinski definition) is 2. The van der Waals surface area contributed by atoms with Gasteiger partial charge in [0, 0.05) is 24.0 Å². The van der Waals surface area contributed by atoms with Gasteiger partial charge in [-0.25, -0.2) is 4.79 Å². The van der Waals surface area contributed by atoms with Crippen LogP contribution < -0.4 is 16.0 Å². The van der Waals surface area contributed by atoms with Crippen LogP contribution in [0.25, 0.3) is 0 Å². The molecule has 0 heterocycles. The molecule has 0 fully saturated rings. The summed E-state index contributed by atoms with van der Waals surface area (Å²) in [5, 5.41) is 8.42. The highest BCUT2D eigenvalue weighted by atomic mass is 16.2. The number of hydrogen-bond donors (Lipinski definition) is 3. The van der Waals surface area contributed by atoms with Crippen LogP contribution in [-0.4, -0.2) is 11.9 Å². The van der Waals surface area contributed by atoms with E-state index in [2.05, 4.69) is 29.8 Å². The second kappa shape index (κ2) is 7.64. The Morgan fingerprint density at radius 2 is 1.54 bits per heavy atom. The molecular weight excluding hydrogens is 302 g/mol. The first-order chi connectivity index (χ1) is 11.4. The van der Waals surface area contributed by atoms with E-state index in [1.165, 1.54) is 6.92 Å². The van der Waals surface area contributed by atoms with E-state index in [-0.39, 0.29) is 11.9 Å². The van der Waals surface area contributed by atoms with Crippen molar-refractivity contribution >= 4 is 29.0 Å². The predicted octanol–water partition coefficient (Wildman–Crippen LogP) is 4.72. The Morgan fingerprint density at radius 3 is 2.17 bits per heavy atom. The molecule has 0 saturated carbocycles. The van der Waals surface area contributed by atoms with E-state index in [0.717, 1.165) is 16.8 Å². The van der Waals surface area contributed by atoms with Gasteiger partial charge in [-0.2, -0.15) is 0 Å². The van der Waals surface area contributed by atoms with E-state index in [1.54, 1.807) is 24.3 Å². The fraction of sp³-hybridized carbons (Fsp3) is 0.263. The SMILES string of the molecule is CC(=O)Nc1cccc(NC(=O)Nc2c(C)cccc2C(C)C)c1. The summed E-state index contributed by atoms with van der Waals surface area (Å²) in [7, 11) is 0. The highest BCUT2D eigenvalue weighted by Crippen LogP contribution is 2.27. The number of anilines is 3. The van der Waals surface area contributed by atoms with Crippen molar-refractivity contribution in [1.82, 2.24) is 0 Å². The fourth-order valence-electron chi connectivity index (χ4n) is 2.50. The van der Waals surface area contributed by atoms with Gasteiger partial charge in [-0.3, -0.25) is 4.79 Å². The maximum absolute atomic E-state index is 12.3.